The van der Waals surface area contributed by atoms with Crippen LogP contribution in [0, 0.1) is 0 Å². The van der Waals surface area contributed by atoms with E-state index in [9.17, 15) is 9.90 Å². The molecule has 0 spiro atoms. The van der Waals surface area contributed by atoms with Gasteiger partial charge in [0, 0.05) is 7.05 Å². The number of hydrogen-bond donors (Lipinski definition) is 1. The Kier molecular flexibility index (Phi) is 3.78. The molecule has 4 nitrogen and oxygen atoms in total. The van der Waals surface area contributed by atoms with Gasteiger partial charge in [-0.15, -0.1) is 0 Å². The largest absolute Gasteiger partial charge is 0.444 e. The van der Waals surface area contributed by atoms with Crippen LogP contribution in [-0.2, 0) is 16.7 Å². The van der Waals surface area contributed by atoms with Crippen molar-refractivity contribution in [2.45, 2.75) is 44.8 Å². The summed E-state index contributed by atoms with van der Waals surface area (Å²) in [6, 6.07) is 7.96. The van der Waals surface area contributed by atoms with Gasteiger partial charge in [-0.05, 0) is 44.7 Å². The second-order valence-electron chi connectivity index (χ2n) is 6.39. The van der Waals surface area contributed by atoms with Gasteiger partial charge in [0.2, 0.25) is 0 Å². The predicted octanol–water partition coefficient (Wildman–Crippen LogP) is 2.69. The van der Waals surface area contributed by atoms with Crippen molar-refractivity contribution in [1.29, 1.82) is 0 Å². The molecule has 1 aliphatic rings. The Balaban J connectivity index is 2.32. The molecule has 1 unspecified atom stereocenters. The summed E-state index contributed by atoms with van der Waals surface area (Å²) < 4.78 is 5.43. The SMILES string of the molecule is CN(C(=O)OC(C)(C)C)C1(CO)CCc2ccccc21. The summed E-state index contributed by atoms with van der Waals surface area (Å²) in [5, 5.41) is 9.93. The van der Waals surface area contributed by atoms with E-state index in [1.807, 2.05) is 39.0 Å². The molecule has 1 amide bonds. The van der Waals surface area contributed by atoms with Crippen molar-refractivity contribution in [3.63, 3.8) is 0 Å². The zero-order valence-corrected chi connectivity index (χ0v) is 12.6. The maximum absolute atomic E-state index is 12.3. The molecule has 1 N–H and O–H groups in total. The summed E-state index contributed by atoms with van der Waals surface area (Å²) in [5.41, 5.74) is 1.01. The van der Waals surface area contributed by atoms with Gasteiger partial charge in [0.25, 0.3) is 0 Å². The first-order chi connectivity index (χ1) is 9.30. The lowest BCUT2D eigenvalue weighted by atomic mass is 9.91. The Labute approximate surface area is 120 Å². The standard InChI is InChI=1S/C16H23NO3/c1-15(2,3)20-14(19)17(4)16(11-18)10-9-12-7-5-6-8-13(12)16/h5-8,18H,9-11H2,1-4H3. The quantitative estimate of drug-likeness (QED) is 0.904. The van der Waals surface area contributed by atoms with E-state index < -0.39 is 17.2 Å². The average Bonchev–Trinajstić information content (AvgIpc) is 2.76. The van der Waals surface area contributed by atoms with E-state index in [0.717, 1.165) is 18.4 Å². The number of likely N-dealkylation sites (N-methyl/N-ethyl adjacent to an activating group) is 1. The van der Waals surface area contributed by atoms with Gasteiger partial charge in [-0.25, -0.2) is 4.79 Å². The van der Waals surface area contributed by atoms with Gasteiger partial charge in [-0.1, -0.05) is 24.3 Å². The second kappa shape index (κ2) is 5.09. The molecule has 0 aromatic heterocycles. The van der Waals surface area contributed by atoms with Crippen LogP contribution in [0.1, 0.15) is 38.3 Å². The molecule has 0 heterocycles. The molecule has 20 heavy (non-hydrogen) atoms. The average molecular weight is 277 g/mol. The lowest BCUT2D eigenvalue weighted by Crippen LogP contribution is -2.50. The van der Waals surface area contributed by atoms with E-state index in [2.05, 4.69) is 6.07 Å². The van der Waals surface area contributed by atoms with Gasteiger partial charge in [0.15, 0.2) is 0 Å². The van der Waals surface area contributed by atoms with Crippen molar-refractivity contribution >= 4 is 6.09 Å². The fourth-order valence-electron chi connectivity index (χ4n) is 2.79. The number of fused-ring (bicyclic) bond motifs is 1. The van der Waals surface area contributed by atoms with Gasteiger partial charge < -0.3 is 9.84 Å². The minimum Gasteiger partial charge on any atom is -0.444 e. The normalized spacial score (nSPS) is 21.4. The van der Waals surface area contributed by atoms with Crippen molar-refractivity contribution in [1.82, 2.24) is 4.90 Å². The summed E-state index contributed by atoms with van der Waals surface area (Å²) in [4.78, 5) is 13.9. The third kappa shape index (κ3) is 2.52. The molecule has 0 fully saturated rings. The molecule has 1 aromatic carbocycles. The summed E-state index contributed by atoms with van der Waals surface area (Å²) in [6.45, 7) is 5.42. The number of amides is 1. The predicted molar refractivity (Wildman–Crippen MR) is 77.5 cm³/mol. The number of aryl methyl sites for hydroxylation is 1. The molecule has 0 saturated carbocycles. The minimum atomic E-state index is -0.668. The van der Waals surface area contributed by atoms with E-state index in [1.165, 1.54) is 5.56 Å². The molecule has 1 aromatic rings. The van der Waals surface area contributed by atoms with E-state index in [0.29, 0.717) is 0 Å². The van der Waals surface area contributed by atoms with Gasteiger partial charge in [-0.2, -0.15) is 0 Å². The number of carbonyl (C=O) groups excluding carboxylic acids is 1. The molecule has 4 heteroatoms. The Morgan fingerprint density at radius 3 is 2.65 bits per heavy atom. The number of rotatable bonds is 2. The van der Waals surface area contributed by atoms with Crippen LogP contribution in [-0.4, -0.2) is 35.4 Å². The molecule has 0 saturated heterocycles. The summed E-state index contributed by atoms with van der Waals surface area (Å²) in [7, 11) is 1.70. The molecule has 0 radical (unpaired) electrons. The number of aliphatic hydroxyl groups excluding tert-OH is 1. The number of ether oxygens (including phenoxy) is 1. The van der Waals surface area contributed by atoms with Gasteiger partial charge in [0.1, 0.15) is 5.60 Å². The monoisotopic (exact) mass is 277 g/mol. The number of benzene rings is 1. The molecule has 110 valence electrons. The Morgan fingerprint density at radius 2 is 2.05 bits per heavy atom. The third-order valence-corrected chi connectivity index (χ3v) is 3.90. The summed E-state index contributed by atoms with van der Waals surface area (Å²) in [5.74, 6) is 0. The number of hydrogen-bond acceptors (Lipinski definition) is 3. The van der Waals surface area contributed by atoms with E-state index in [1.54, 1.807) is 11.9 Å². The van der Waals surface area contributed by atoms with Gasteiger partial charge in [0.05, 0.1) is 12.1 Å². The van der Waals surface area contributed by atoms with E-state index in [4.69, 9.17) is 4.74 Å². The third-order valence-electron chi connectivity index (χ3n) is 3.90. The first-order valence-electron chi connectivity index (χ1n) is 6.96. The first-order valence-corrected chi connectivity index (χ1v) is 6.96. The fourth-order valence-corrected chi connectivity index (χ4v) is 2.79. The fraction of sp³-hybridized carbons (Fsp3) is 0.562. The van der Waals surface area contributed by atoms with Crippen LogP contribution in [0.25, 0.3) is 0 Å². The van der Waals surface area contributed by atoms with Crippen LogP contribution < -0.4 is 0 Å². The Bertz CT molecular complexity index is 507. The van der Waals surface area contributed by atoms with Crippen LogP contribution >= 0.6 is 0 Å². The molecule has 0 bridgehead atoms. The molecular weight excluding hydrogens is 254 g/mol. The lowest BCUT2D eigenvalue weighted by Gasteiger charge is -2.38. The first kappa shape index (κ1) is 14.9. The highest BCUT2D eigenvalue weighted by atomic mass is 16.6. The number of nitrogens with zero attached hydrogens (tertiary/aromatic N) is 1. The highest BCUT2D eigenvalue weighted by Crippen LogP contribution is 2.41. The number of aliphatic hydroxyl groups is 1. The van der Waals surface area contributed by atoms with E-state index >= 15 is 0 Å². The van der Waals surface area contributed by atoms with Crippen molar-refractivity contribution in [3.05, 3.63) is 35.4 Å². The zero-order chi connectivity index (χ0) is 15.0. The number of carbonyl (C=O) groups is 1. The van der Waals surface area contributed by atoms with Crippen LogP contribution in [0.5, 0.6) is 0 Å². The smallest absolute Gasteiger partial charge is 0.410 e. The van der Waals surface area contributed by atoms with Crippen molar-refractivity contribution < 1.29 is 14.6 Å². The minimum absolute atomic E-state index is 0.0975. The van der Waals surface area contributed by atoms with Gasteiger partial charge in [-0.3, -0.25) is 4.90 Å². The van der Waals surface area contributed by atoms with Crippen molar-refractivity contribution in [2.24, 2.45) is 0 Å². The highest BCUT2D eigenvalue weighted by molar-refractivity contribution is 5.70. The molecule has 2 rings (SSSR count). The van der Waals surface area contributed by atoms with Crippen LogP contribution in [0.4, 0.5) is 4.79 Å². The molecule has 1 atom stereocenters. The maximum Gasteiger partial charge on any atom is 0.410 e. The maximum atomic E-state index is 12.3. The summed E-state index contributed by atoms with van der Waals surface area (Å²) >= 11 is 0. The molecule has 1 aliphatic carbocycles. The van der Waals surface area contributed by atoms with Crippen molar-refractivity contribution in [3.8, 4) is 0 Å². The van der Waals surface area contributed by atoms with Crippen LogP contribution in [0.2, 0.25) is 0 Å². The Morgan fingerprint density at radius 1 is 1.40 bits per heavy atom. The summed E-state index contributed by atoms with van der Waals surface area (Å²) in [6.07, 6.45) is 1.19. The van der Waals surface area contributed by atoms with Crippen molar-refractivity contribution in [2.75, 3.05) is 13.7 Å². The van der Waals surface area contributed by atoms with Crippen LogP contribution in [0.3, 0.4) is 0 Å². The van der Waals surface area contributed by atoms with E-state index in [-0.39, 0.29) is 6.61 Å². The van der Waals surface area contributed by atoms with Gasteiger partial charge >= 0.3 is 6.09 Å². The highest BCUT2D eigenvalue weighted by Gasteiger charge is 2.44. The Hall–Kier alpha value is -1.55. The topological polar surface area (TPSA) is 49.8 Å². The van der Waals surface area contributed by atoms with Crippen LogP contribution in [0.15, 0.2) is 24.3 Å². The molecular formula is C16H23NO3. The zero-order valence-electron chi connectivity index (χ0n) is 12.6. The second-order valence-corrected chi connectivity index (χ2v) is 6.39. The molecule has 0 aliphatic heterocycles. The lowest BCUT2D eigenvalue weighted by molar-refractivity contribution is -0.0110.